The normalized spacial score (nSPS) is 11.5. The molecule has 0 aliphatic rings. The molecule has 112 valence electrons. The fourth-order valence-electron chi connectivity index (χ4n) is 1.92. The van der Waals surface area contributed by atoms with Crippen molar-refractivity contribution in [2.24, 2.45) is 0 Å². The van der Waals surface area contributed by atoms with Gasteiger partial charge in [-0.15, -0.1) is 0 Å². The maximum atomic E-state index is 9.38. The van der Waals surface area contributed by atoms with Crippen molar-refractivity contribution in [3.8, 4) is 11.6 Å². The van der Waals surface area contributed by atoms with Crippen molar-refractivity contribution in [3.63, 3.8) is 0 Å². The van der Waals surface area contributed by atoms with Crippen molar-refractivity contribution in [2.75, 3.05) is 0 Å². The van der Waals surface area contributed by atoms with Gasteiger partial charge >= 0.3 is 0 Å². The van der Waals surface area contributed by atoms with Crippen LogP contribution in [0.4, 0.5) is 0 Å². The number of benzene rings is 1. The van der Waals surface area contributed by atoms with E-state index in [1.807, 2.05) is 24.3 Å². The fraction of sp³-hybridized carbons (Fsp3) is 0.353. The Bertz CT molecular complexity index is 618. The lowest BCUT2D eigenvalue weighted by atomic mass is 9.91. The van der Waals surface area contributed by atoms with Gasteiger partial charge in [-0.25, -0.2) is 4.98 Å². The lowest BCUT2D eigenvalue weighted by Gasteiger charge is -2.19. The molecule has 21 heavy (non-hydrogen) atoms. The number of hydrogen-bond acceptors (Lipinski definition) is 4. The summed E-state index contributed by atoms with van der Waals surface area (Å²) in [6, 6.07) is 10.8. The highest BCUT2D eigenvalue weighted by molar-refractivity contribution is 5.34. The first-order valence-electron chi connectivity index (χ1n) is 6.92. The molecule has 0 spiro atoms. The minimum absolute atomic E-state index is 0.0332. The largest absolute Gasteiger partial charge is 0.439 e. The Balaban J connectivity index is 2.34. The van der Waals surface area contributed by atoms with Gasteiger partial charge in [-0.3, -0.25) is 0 Å². The minimum atomic E-state index is -0.129. The van der Waals surface area contributed by atoms with E-state index in [-0.39, 0.29) is 18.6 Å². The molecule has 0 fully saturated rings. The SMILES string of the molecule is CC(C)(C)c1cc(CO)cc(Oc2cccc(CO)c2)n1. The molecule has 4 nitrogen and oxygen atoms in total. The summed E-state index contributed by atoms with van der Waals surface area (Å²) in [6.07, 6.45) is 0. The Morgan fingerprint density at radius 1 is 1.00 bits per heavy atom. The van der Waals surface area contributed by atoms with E-state index in [0.29, 0.717) is 11.6 Å². The van der Waals surface area contributed by atoms with Gasteiger partial charge in [-0.05, 0) is 29.3 Å². The quantitative estimate of drug-likeness (QED) is 0.906. The Morgan fingerprint density at radius 2 is 1.71 bits per heavy atom. The molecule has 0 radical (unpaired) electrons. The average molecular weight is 287 g/mol. The fourth-order valence-corrected chi connectivity index (χ4v) is 1.92. The highest BCUT2D eigenvalue weighted by Crippen LogP contribution is 2.27. The third kappa shape index (κ3) is 4.03. The van der Waals surface area contributed by atoms with E-state index >= 15 is 0 Å². The molecule has 1 aromatic heterocycles. The molecule has 0 unspecified atom stereocenters. The molecule has 0 atom stereocenters. The van der Waals surface area contributed by atoms with E-state index in [2.05, 4.69) is 25.8 Å². The van der Waals surface area contributed by atoms with Gasteiger partial charge in [0.05, 0.1) is 18.9 Å². The highest BCUT2D eigenvalue weighted by atomic mass is 16.5. The molecular formula is C17H21NO3. The van der Waals surface area contributed by atoms with E-state index in [9.17, 15) is 5.11 Å². The molecule has 0 saturated carbocycles. The lowest BCUT2D eigenvalue weighted by molar-refractivity contribution is 0.280. The van der Waals surface area contributed by atoms with E-state index in [4.69, 9.17) is 9.84 Å². The Morgan fingerprint density at radius 3 is 2.33 bits per heavy atom. The molecule has 1 aromatic carbocycles. The maximum absolute atomic E-state index is 9.38. The number of hydrogen-bond donors (Lipinski definition) is 2. The molecule has 2 aromatic rings. The second-order valence-electron chi connectivity index (χ2n) is 6.01. The van der Waals surface area contributed by atoms with Crippen LogP contribution in [0.3, 0.4) is 0 Å². The van der Waals surface area contributed by atoms with Crippen molar-refractivity contribution < 1.29 is 14.9 Å². The zero-order chi connectivity index (χ0) is 15.5. The van der Waals surface area contributed by atoms with Crippen LogP contribution in [0, 0.1) is 0 Å². The van der Waals surface area contributed by atoms with Crippen LogP contribution in [0.2, 0.25) is 0 Å². The predicted molar refractivity (Wildman–Crippen MR) is 81.3 cm³/mol. The summed E-state index contributed by atoms with van der Waals surface area (Å²) in [6.45, 7) is 6.10. The molecule has 2 N–H and O–H groups in total. The molecule has 0 bridgehead atoms. The van der Waals surface area contributed by atoms with Crippen molar-refractivity contribution in [1.82, 2.24) is 4.98 Å². The van der Waals surface area contributed by atoms with Gasteiger partial charge in [-0.2, -0.15) is 0 Å². The van der Waals surface area contributed by atoms with Crippen LogP contribution in [-0.4, -0.2) is 15.2 Å². The smallest absolute Gasteiger partial charge is 0.219 e. The Kier molecular flexibility index (Phi) is 4.60. The van der Waals surface area contributed by atoms with Crippen LogP contribution in [-0.2, 0) is 18.6 Å². The Hall–Kier alpha value is -1.91. The summed E-state index contributed by atoms with van der Waals surface area (Å²) in [5, 5.41) is 18.5. The van der Waals surface area contributed by atoms with Crippen molar-refractivity contribution in [1.29, 1.82) is 0 Å². The van der Waals surface area contributed by atoms with Crippen LogP contribution in [0.25, 0.3) is 0 Å². The average Bonchev–Trinajstić information content (AvgIpc) is 2.46. The standard InChI is InChI=1S/C17H21NO3/c1-17(2,3)15-8-13(11-20)9-16(18-15)21-14-6-4-5-12(7-14)10-19/h4-9,19-20H,10-11H2,1-3H3. The second kappa shape index (κ2) is 6.24. The summed E-state index contributed by atoms with van der Waals surface area (Å²) in [4.78, 5) is 4.51. The van der Waals surface area contributed by atoms with Crippen molar-refractivity contribution >= 4 is 0 Å². The van der Waals surface area contributed by atoms with Crippen LogP contribution >= 0.6 is 0 Å². The van der Waals surface area contributed by atoms with Crippen molar-refractivity contribution in [2.45, 2.75) is 39.4 Å². The summed E-state index contributed by atoms with van der Waals surface area (Å²) < 4.78 is 5.77. The predicted octanol–water partition coefficient (Wildman–Crippen LogP) is 3.16. The highest BCUT2D eigenvalue weighted by Gasteiger charge is 2.17. The lowest BCUT2D eigenvalue weighted by Crippen LogP contribution is -2.14. The molecule has 0 aliphatic carbocycles. The minimum Gasteiger partial charge on any atom is -0.439 e. The van der Waals surface area contributed by atoms with Crippen LogP contribution in [0.5, 0.6) is 11.6 Å². The number of pyridine rings is 1. The maximum Gasteiger partial charge on any atom is 0.219 e. The molecule has 0 amide bonds. The first-order valence-corrected chi connectivity index (χ1v) is 6.92. The number of aliphatic hydroxyl groups excluding tert-OH is 2. The van der Waals surface area contributed by atoms with Gasteiger partial charge in [0.15, 0.2) is 0 Å². The topological polar surface area (TPSA) is 62.6 Å². The van der Waals surface area contributed by atoms with E-state index in [1.165, 1.54) is 0 Å². The van der Waals surface area contributed by atoms with Gasteiger partial charge in [0.1, 0.15) is 5.75 Å². The molecule has 1 heterocycles. The first kappa shape index (κ1) is 15.5. The molecule has 2 rings (SSSR count). The molecular weight excluding hydrogens is 266 g/mol. The monoisotopic (exact) mass is 287 g/mol. The van der Waals surface area contributed by atoms with Crippen molar-refractivity contribution in [3.05, 3.63) is 53.2 Å². The van der Waals surface area contributed by atoms with Gasteiger partial charge in [0.25, 0.3) is 0 Å². The molecule has 0 aliphatic heterocycles. The zero-order valence-corrected chi connectivity index (χ0v) is 12.6. The summed E-state index contributed by atoms with van der Waals surface area (Å²) in [5.74, 6) is 1.06. The second-order valence-corrected chi connectivity index (χ2v) is 6.01. The third-order valence-electron chi connectivity index (χ3n) is 3.12. The van der Waals surface area contributed by atoms with Crippen LogP contribution < -0.4 is 4.74 Å². The summed E-state index contributed by atoms with van der Waals surface area (Å²) >= 11 is 0. The number of nitrogens with zero attached hydrogens (tertiary/aromatic N) is 1. The van der Waals surface area contributed by atoms with E-state index in [0.717, 1.165) is 16.8 Å². The van der Waals surface area contributed by atoms with E-state index in [1.54, 1.807) is 12.1 Å². The number of rotatable bonds is 4. The van der Waals surface area contributed by atoms with Gasteiger partial charge in [0.2, 0.25) is 5.88 Å². The van der Waals surface area contributed by atoms with Crippen LogP contribution in [0.15, 0.2) is 36.4 Å². The van der Waals surface area contributed by atoms with E-state index < -0.39 is 0 Å². The summed E-state index contributed by atoms with van der Waals surface area (Å²) in [5.41, 5.74) is 2.28. The third-order valence-corrected chi connectivity index (χ3v) is 3.12. The number of aliphatic hydroxyl groups is 2. The zero-order valence-electron chi connectivity index (χ0n) is 12.6. The Labute approximate surface area is 125 Å². The molecule has 4 heteroatoms. The van der Waals surface area contributed by atoms with Crippen LogP contribution in [0.1, 0.15) is 37.6 Å². The first-order chi connectivity index (χ1) is 9.92. The van der Waals surface area contributed by atoms with Gasteiger partial charge in [-0.1, -0.05) is 32.9 Å². The molecule has 0 saturated heterocycles. The number of aromatic nitrogens is 1. The summed E-state index contributed by atoms with van der Waals surface area (Å²) in [7, 11) is 0. The van der Waals surface area contributed by atoms with Gasteiger partial charge in [0, 0.05) is 11.5 Å². The number of ether oxygens (including phenoxy) is 1. The van der Waals surface area contributed by atoms with Gasteiger partial charge < -0.3 is 14.9 Å².